The molecule has 1 aliphatic rings. The van der Waals surface area contributed by atoms with Crippen LogP contribution >= 0.6 is 11.8 Å². The van der Waals surface area contributed by atoms with Crippen molar-refractivity contribution >= 4 is 23.4 Å². The second kappa shape index (κ2) is 7.09. The molecule has 2 N–H and O–H groups in total. The summed E-state index contributed by atoms with van der Waals surface area (Å²) in [6, 6.07) is 5.80. The Labute approximate surface area is 123 Å². The first-order valence-electron chi connectivity index (χ1n) is 6.95. The lowest BCUT2D eigenvalue weighted by molar-refractivity contribution is -0.115. The lowest BCUT2D eigenvalue weighted by Gasteiger charge is -2.26. The van der Waals surface area contributed by atoms with E-state index in [1.54, 1.807) is 12.1 Å². The maximum Gasteiger partial charge on any atom is 0.238 e. The van der Waals surface area contributed by atoms with Gasteiger partial charge in [0.1, 0.15) is 5.82 Å². The second-order valence-electron chi connectivity index (χ2n) is 5.25. The Kier molecular flexibility index (Phi) is 5.43. The van der Waals surface area contributed by atoms with Crippen molar-refractivity contribution in [3.8, 4) is 0 Å². The lowest BCUT2D eigenvalue weighted by Crippen LogP contribution is -2.39. The van der Waals surface area contributed by atoms with Crippen molar-refractivity contribution in [2.45, 2.75) is 30.4 Å². The molecule has 1 aliphatic carbocycles. The highest BCUT2D eigenvalue weighted by atomic mass is 32.2. The number of halogens is 1. The summed E-state index contributed by atoms with van der Waals surface area (Å²) >= 11 is 1.90. The number of hydrogen-bond acceptors (Lipinski definition) is 3. The first-order valence-corrected chi connectivity index (χ1v) is 8.17. The van der Waals surface area contributed by atoms with Gasteiger partial charge in [0, 0.05) is 17.0 Å². The van der Waals surface area contributed by atoms with Gasteiger partial charge in [-0.05, 0) is 43.4 Å². The first kappa shape index (κ1) is 15.3. The van der Waals surface area contributed by atoms with Gasteiger partial charge < -0.3 is 10.6 Å². The van der Waals surface area contributed by atoms with Gasteiger partial charge in [-0.15, -0.1) is 0 Å². The molecule has 0 aliphatic heterocycles. The summed E-state index contributed by atoms with van der Waals surface area (Å²) in [6.45, 7) is 1.16. The number of hydrogen-bond donors (Lipinski definition) is 2. The van der Waals surface area contributed by atoms with Crippen LogP contribution in [0.3, 0.4) is 0 Å². The first-order chi connectivity index (χ1) is 9.63. The third kappa shape index (κ3) is 4.21. The Hall–Kier alpha value is -1.07. The summed E-state index contributed by atoms with van der Waals surface area (Å²) < 4.78 is 13.1. The minimum absolute atomic E-state index is 0.0918. The molecule has 5 heteroatoms. The van der Waals surface area contributed by atoms with E-state index >= 15 is 0 Å². The summed E-state index contributed by atoms with van der Waals surface area (Å²) in [7, 11) is 0. The SMILES string of the molecule is CSC1(CNCC(=O)Nc2ccc(F)cc2)CCCC1. The summed E-state index contributed by atoms with van der Waals surface area (Å²) in [4.78, 5) is 11.8. The molecule has 1 aromatic rings. The van der Waals surface area contributed by atoms with Crippen molar-refractivity contribution < 1.29 is 9.18 Å². The van der Waals surface area contributed by atoms with Crippen molar-refractivity contribution in [2.75, 3.05) is 24.7 Å². The van der Waals surface area contributed by atoms with Gasteiger partial charge >= 0.3 is 0 Å². The van der Waals surface area contributed by atoms with E-state index < -0.39 is 0 Å². The Morgan fingerprint density at radius 3 is 2.55 bits per heavy atom. The zero-order valence-electron chi connectivity index (χ0n) is 11.7. The van der Waals surface area contributed by atoms with Crippen molar-refractivity contribution in [3.63, 3.8) is 0 Å². The summed E-state index contributed by atoms with van der Waals surface area (Å²) in [5.41, 5.74) is 0.624. The predicted octanol–water partition coefficient (Wildman–Crippen LogP) is 3.03. The fourth-order valence-corrected chi connectivity index (χ4v) is 3.56. The van der Waals surface area contributed by atoms with Crippen LogP contribution < -0.4 is 10.6 Å². The van der Waals surface area contributed by atoms with Crippen LogP contribution in [0.15, 0.2) is 24.3 Å². The molecule has 0 atom stereocenters. The molecular weight excluding hydrogens is 275 g/mol. The minimum Gasteiger partial charge on any atom is -0.325 e. The molecule has 0 unspecified atom stereocenters. The van der Waals surface area contributed by atoms with Crippen molar-refractivity contribution in [1.29, 1.82) is 0 Å². The molecule has 1 aromatic carbocycles. The number of carbonyl (C=O) groups is 1. The van der Waals surface area contributed by atoms with E-state index in [1.807, 2.05) is 11.8 Å². The van der Waals surface area contributed by atoms with Gasteiger partial charge in [-0.25, -0.2) is 4.39 Å². The molecule has 3 nitrogen and oxygen atoms in total. The standard InChI is InChI=1S/C15H21FN2OS/c1-20-15(8-2-3-9-15)11-17-10-14(19)18-13-6-4-12(16)5-7-13/h4-7,17H,2-3,8-11H2,1H3,(H,18,19). The third-order valence-electron chi connectivity index (χ3n) is 3.81. The number of thioether (sulfide) groups is 1. The molecule has 0 bridgehead atoms. The van der Waals surface area contributed by atoms with Crippen molar-refractivity contribution in [2.24, 2.45) is 0 Å². The van der Waals surface area contributed by atoms with Crippen LogP contribution in [0.2, 0.25) is 0 Å². The molecule has 0 spiro atoms. The number of benzene rings is 1. The van der Waals surface area contributed by atoms with Crippen LogP contribution in [-0.4, -0.2) is 30.0 Å². The van der Waals surface area contributed by atoms with E-state index in [9.17, 15) is 9.18 Å². The molecule has 1 saturated carbocycles. The van der Waals surface area contributed by atoms with Gasteiger partial charge in [0.2, 0.25) is 5.91 Å². The maximum absolute atomic E-state index is 12.8. The third-order valence-corrected chi connectivity index (χ3v) is 5.23. The normalized spacial score (nSPS) is 17.1. The van der Waals surface area contributed by atoms with Crippen LogP contribution in [0.4, 0.5) is 10.1 Å². The molecule has 2 rings (SSSR count). The number of carbonyl (C=O) groups excluding carboxylic acids is 1. The van der Waals surface area contributed by atoms with E-state index in [1.165, 1.54) is 37.8 Å². The molecule has 0 radical (unpaired) electrons. The van der Waals surface area contributed by atoms with Gasteiger partial charge in [-0.1, -0.05) is 12.8 Å². The molecule has 1 fully saturated rings. The van der Waals surface area contributed by atoms with Crippen LogP contribution in [0.5, 0.6) is 0 Å². The lowest BCUT2D eigenvalue weighted by atomic mass is 10.1. The molecular formula is C15H21FN2OS. The number of amides is 1. The highest BCUT2D eigenvalue weighted by molar-refractivity contribution is 8.00. The molecule has 0 heterocycles. The topological polar surface area (TPSA) is 41.1 Å². The van der Waals surface area contributed by atoms with Gasteiger partial charge in [0.25, 0.3) is 0 Å². The average molecular weight is 296 g/mol. The van der Waals surface area contributed by atoms with Gasteiger partial charge in [-0.2, -0.15) is 11.8 Å². The van der Waals surface area contributed by atoms with E-state index in [-0.39, 0.29) is 11.7 Å². The largest absolute Gasteiger partial charge is 0.325 e. The Balaban J connectivity index is 1.73. The number of anilines is 1. The summed E-state index contributed by atoms with van der Waals surface area (Å²) in [5, 5.41) is 5.99. The Morgan fingerprint density at radius 2 is 1.95 bits per heavy atom. The van der Waals surface area contributed by atoms with Crippen molar-refractivity contribution in [1.82, 2.24) is 5.32 Å². The molecule has 1 amide bonds. The molecule has 110 valence electrons. The Morgan fingerprint density at radius 1 is 1.30 bits per heavy atom. The van der Waals surface area contributed by atoms with Crippen LogP contribution in [0.1, 0.15) is 25.7 Å². The summed E-state index contributed by atoms with van der Waals surface area (Å²) in [6.07, 6.45) is 7.15. The predicted molar refractivity (Wildman–Crippen MR) is 82.6 cm³/mol. The van der Waals surface area contributed by atoms with E-state index in [2.05, 4.69) is 16.9 Å². The summed E-state index contributed by atoms with van der Waals surface area (Å²) in [5.74, 6) is -0.393. The zero-order chi connectivity index (χ0) is 14.4. The number of rotatable bonds is 6. The number of nitrogens with one attached hydrogen (secondary N) is 2. The minimum atomic E-state index is -0.302. The highest BCUT2D eigenvalue weighted by Crippen LogP contribution is 2.39. The second-order valence-corrected chi connectivity index (χ2v) is 6.53. The van der Waals surface area contributed by atoms with Crippen LogP contribution in [0, 0.1) is 5.82 Å². The van der Waals surface area contributed by atoms with Gasteiger partial charge in [0.05, 0.1) is 6.54 Å². The van der Waals surface area contributed by atoms with Gasteiger partial charge in [-0.3, -0.25) is 4.79 Å². The fraction of sp³-hybridized carbons (Fsp3) is 0.533. The molecule has 0 saturated heterocycles. The zero-order valence-corrected chi connectivity index (χ0v) is 12.6. The van der Waals surface area contributed by atoms with Gasteiger partial charge in [0.15, 0.2) is 0 Å². The van der Waals surface area contributed by atoms with E-state index in [4.69, 9.17) is 0 Å². The average Bonchev–Trinajstić information content (AvgIpc) is 2.91. The van der Waals surface area contributed by atoms with Crippen LogP contribution in [0.25, 0.3) is 0 Å². The Bertz CT molecular complexity index is 444. The molecule has 20 heavy (non-hydrogen) atoms. The maximum atomic E-state index is 12.8. The van der Waals surface area contributed by atoms with Crippen LogP contribution in [-0.2, 0) is 4.79 Å². The highest BCUT2D eigenvalue weighted by Gasteiger charge is 2.32. The molecule has 0 aromatic heterocycles. The monoisotopic (exact) mass is 296 g/mol. The quantitative estimate of drug-likeness (QED) is 0.848. The van der Waals surface area contributed by atoms with Crippen molar-refractivity contribution in [3.05, 3.63) is 30.1 Å². The van der Waals surface area contributed by atoms with E-state index in [0.717, 1.165) is 6.54 Å². The van der Waals surface area contributed by atoms with E-state index in [0.29, 0.717) is 17.0 Å². The smallest absolute Gasteiger partial charge is 0.238 e. The fourth-order valence-electron chi connectivity index (χ4n) is 2.61.